The fourth-order valence-electron chi connectivity index (χ4n) is 2.46. The summed E-state index contributed by atoms with van der Waals surface area (Å²) < 4.78 is 1.88. The van der Waals surface area contributed by atoms with Crippen molar-refractivity contribution in [1.82, 2.24) is 25.0 Å². The van der Waals surface area contributed by atoms with E-state index in [0.29, 0.717) is 15.8 Å². The van der Waals surface area contributed by atoms with Gasteiger partial charge in [-0.15, -0.1) is 10.2 Å². The highest BCUT2D eigenvalue weighted by atomic mass is 32.1. The van der Waals surface area contributed by atoms with E-state index in [0.717, 1.165) is 17.1 Å². The summed E-state index contributed by atoms with van der Waals surface area (Å²) in [5, 5.41) is 19.1. The number of rotatable bonds is 4. The van der Waals surface area contributed by atoms with Crippen LogP contribution in [0.25, 0.3) is 10.7 Å². The number of amides is 2. The van der Waals surface area contributed by atoms with E-state index >= 15 is 0 Å². The lowest BCUT2D eigenvalue weighted by Gasteiger charge is -2.09. The average molecular weight is 357 g/mol. The van der Waals surface area contributed by atoms with Gasteiger partial charge >= 0.3 is 6.03 Å². The van der Waals surface area contributed by atoms with Crippen molar-refractivity contribution in [2.24, 2.45) is 0 Å². The molecule has 0 radical (unpaired) electrons. The number of aryl methyl sites for hydroxylation is 1. The first kappa shape index (κ1) is 17.0. The molecule has 8 nitrogen and oxygen atoms in total. The minimum absolute atomic E-state index is 0.224. The highest BCUT2D eigenvalue weighted by Gasteiger charge is 2.17. The van der Waals surface area contributed by atoms with E-state index in [4.69, 9.17) is 0 Å². The molecular weight excluding hydrogens is 338 g/mol. The van der Waals surface area contributed by atoms with Gasteiger partial charge in [0.05, 0.1) is 17.1 Å². The van der Waals surface area contributed by atoms with Crippen molar-refractivity contribution in [3.8, 4) is 10.7 Å². The predicted octanol–water partition coefficient (Wildman–Crippen LogP) is 3.64. The number of anilines is 2. The quantitative estimate of drug-likeness (QED) is 0.743. The van der Waals surface area contributed by atoms with Gasteiger partial charge in [0.25, 0.3) is 0 Å². The van der Waals surface area contributed by atoms with Crippen molar-refractivity contribution in [3.63, 3.8) is 0 Å². The summed E-state index contributed by atoms with van der Waals surface area (Å²) in [4.78, 5) is 16.5. The van der Waals surface area contributed by atoms with Crippen LogP contribution >= 0.6 is 11.3 Å². The molecule has 0 aliphatic carbocycles. The molecule has 0 saturated carbocycles. The van der Waals surface area contributed by atoms with Crippen LogP contribution < -0.4 is 10.6 Å². The maximum Gasteiger partial charge on any atom is 0.325 e. The zero-order chi connectivity index (χ0) is 18.0. The first-order chi connectivity index (χ1) is 12.0. The van der Waals surface area contributed by atoms with Gasteiger partial charge in [-0.1, -0.05) is 17.4 Å². The van der Waals surface area contributed by atoms with E-state index in [-0.39, 0.29) is 12.1 Å². The van der Waals surface area contributed by atoms with Crippen LogP contribution in [0.3, 0.4) is 0 Å². The zero-order valence-electron chi connectivity index (χ0n) is 14.4. The Morgan fingerprint density at radius 3 is 2.64 bits per heavy atom. The summed E-state index contributed by atoms with van der Waals surface area (Å²) in [5.74, 6) is 0. The molecule has 0 aliphatic rings. The van der Waals surface area contributed by atoms with Gasteiger partial charge in [-0.3, -0.25) is 15.0 Å². The van der Waals surface area contributed by atoms with Gasteiger partial charge in [-0.25, -0.2) is 4.79 Å². The van der Waals surface area contributed by atoms with E-state index < -0.39 is 0 Å². The van der Waals surface area contributed by atoms with Crippen LogP contribution in [0, 0.1) is 13.8 Å². The second-order valence-corrected chi connectivity index (χ2v) is 6.77. The SMILES string of the molecule is Cc1nn(C(C)C)c(C)c1NC(=O)Nc1nnc(-c2ccccn2)s1. The molecule has 3 rings (SSSR count). The maximum absolute atomic E-state index is 12.3. The third kappa shape index (κ3) is 3.66. The Morgan fingerprint density at radius 2 is 2.00 bits per heavy atom. The van der Waals surface area contributed by atoms with Gasteiger partial charge in [-0.05, 0) is 39.8 Å². The summed E-state index contributed by atoms with van der Waals surface area (Å²) in [6, 6.07) is 5.40. The predicted molar refractivity (Wildman–Crippen MR) is 97.9 cm³/mol. The molecular formula is C16H19N7OS. The van der Waals surface area contributed by atoms with Gasteiger partial charge in [0.2, 0.25) is 5.13 Å². The molecule has 3 aromatic rings. The fraction of sp³-hybridized carbons (Fsp3) is 0.312. The molecule has 0 aliphatic heterocycles. The highest BCUT2D eigenvalue weighted by molar-refractivity contribution is 7.18. The molecule has 2 amide bonds. The summed E-state index contributed by atoms with van der Waals surface area (Å²) >= 11 is 1.27. The lowest BCUT2D eigenvalue weighted by molar-refractivity contribution is 0.262. The maximum atomic E-state index is 12.3. The van der Waals surface area contributed by atoms with E-state index in [1.165, 1.54) is 11.3 Å². The molecule has 3 heterocycles. The number of nitrogens with one attached hydrogen (secondary N) is 2. The lowest BCUT2D eigenvalue weighted by Crippen LogP contribution is -2.20. The van der Waals surface area contributed by atoms with E-state index in [9.17, 15) is 4.79 Å². The monoisotopic (exact) mass is 357 g/mol. The highest BCUT2D eigenvalue weighted by Crippen LogP contribution is 2.25. The third-order valence-corrected chi connectivity index (χ3v) is 4.44. The zero-order valence-corrected chi connectivity index (χ0v) is 15.3. The number of urea groups is 1. The normalized spacial score (nSPS) is 10.9. The Hall–Kier alpha value is -2.81. The van der Waals surface area contributed by atoms with Crippen LogP contribution in [0.15, 0.2) is 24.4 Å². The third-order valence-electron chi connectivity index (χ3n) is 3.58. The molecule has 0 atom stereocenters. The second kappa shape index (κ2) is 6.98. The van der Waals surface area contributed by atoms with Crippen LogP contribution in [0.1, 0.15) is 31.3 Å². The van der Waals surface area contributed by atoms with Crippen LogP contribution in [-0.2, 0) is 0 Å². The standard InChI is InChI=1S/C16H19N7OS/c1-9(2)23-11(4)13(10(3)22-23)18-15(24)19-16-21-20-14(25-16)12-7-5-6-8-17-12/h5-9H,1-4H3,(H2,18,19,21,24). The number of pyridine rings is 1. The Bertz CT molecular complexity index is 885. The summed E-state index contributed by atoms with van der Waals surface area (Å²) in [7, 11) is 0. The number of nitrogens with zero attached hydrogens (tertiary/aromatic N) is 5. The van der Waals surface area contributed by atoms with Crippen LogP contribution in [0.4, 0.5) is 15.6 Å². The number of hydrogen-bond donors (Lipinski definition) is 2. The Labute approximate surface area is 149 Å². The lowest BCUT2D eigenvalue weighted by atomic mass is 10.3. The van der Waals surface area contributed by atoms with Gasteiger partial charge in [0.15, 0.2) is 5.01 Å². The number of aromatic nitrogens is 5. The summed E-state index contributed by atoms with van der Waals surface area (Å²) in [5.41, 5.74) is 3.11. The molecule has 2 N–H and O–H groups in total. The molecule has 3 aromatic heterocycles. The van der Waals surface area contributed by atoms with E-state index in [1.54, 1.807) is 6.20 Å². The minimum atomic E-state index is -0.377. The molecule has 130 valence electrons. The molecule has 0 fully saturated rings. The van der Waals surface area contributed by atoms with Crippen LogP contribution in [-0.4, -0.2) is 31.0 Å². The van der Waals surface area contributed by atoms with Gasteiger partial charge in [0, 0.05) is 12.2 Å². The van der Waals surface area contributed by atoms with Crippen molar-refractivity contribution in [2.45, 2.75) is 33.7 Å². The van der Waals surface area contributed by atoms with Crippen molar-refractivity contribution in [3.05, 3.63) is 35.8 Å². The largest absolute Gasteiger partial charge is 0.325 e. The molecule has 0 spiro atoms. The fourth-order valence-corrected chi connectivity index (χ4v) is 3.17. The Kier molecular flexibility index (Phi) is 4.75. The first-order valence-corrected chi connectivity index (χ1v) is 8.66. The van der Waals surface area contributed by atoms with Gasteiger partial charge in [-0.2, -0.15) is 5.10 Å². The molecule has 0 bridgehead atoms. The Morgan fingerprint density at radius 1 is 1.20 bits per heavy atom. The van der Waals surface area contributed by atoms with Crippen molar-refractivity contribution >= 4 is 28.2 Å². The van der Waals surface area contributed by atoms with Gasteiger partial charge in [0.1, 0.15) is 5.69 Å². The summed E-state index contributed by atoms with van der Waals surface area (Å²) in [6.45, 7) is 7.89. The first-order valence-electron chi connectivity index (χ1n) is 7.84. The molecule has 9 heteroatoms. The molecule has 0 unspecified atom stereocenters. The van der Waals surface area contributed by atoms with Crippen LogP contribution in [0.2, 0.25) is 0 Å². The molecule has 0 saturated heterocycles. The van der Waals surface area contributed by atoms with Gasteiger partial charge < -0.3 is 5.32 Å². The topological polar surface area (TPSA) is 97.6 Å². The second-order valence-electron chi connectivity index (χ2n) is 5.79. The molecule has 0 aromatic carbocycles. The van der Waals surface area contributed by atoms with E-state index in [1.807, 2.05) is 50.6 Å². The van der Waals surface area contributed by atoms with Crippen molar-refractivity contribution in [2.75, 3.05) is 10.6 Å². The van der Waals surface area contributed by atoms with Crippen molar-refractivity contribution in [1.29, 1.82) is 0 Å². The Balaban J connectivity index is 1.71. The van der Waals surface area contributed by atoms with E-state index in [2.05, 4.69) is 30.9 Å². The average Bonchev–Trinajstić information content (AvgIpc) is 3.15. The smallest absolute Gasteiger partial charge is 0.304 e. The molecule has 25 heavy (non-hydrogen) atoms. The number of hydrogen-bond acceptors (Lipinski definition) is 6. The minimum Gasteiger partial charge on any atom is -0.304 e. The van der Waals surface area contributed by atoms with Crippen molar-refractivity contribution < 1.29 is 4.79 Å². The number of carbonyl (C=O) groups excluding carboxylic acids is 1. The van der Waals surface area contributed by atoms with Crippen LogP contribution in [0.5, 0.6) is 0 Å². The summed E-state index contributed by atoms with van der Waals surface area (Å²) in [6.07, 6.45) is 1.69. The number of carbonyl (C=O) groups is 1.